The van der Waals surface area contributed by atoms with E-state index in [2.05, 4.69) is 25.2 Å². The SMILES string of the molecule is CCCOc1cccc(NCc2ccc(Cl)cc2C)c1. The summed E-state index contributed by atoms with van der Waals surface area (Å²) < 4.78 is 5.63. The smallest absolute Gasteiger partial charge is 0.121 e. The first-order valence-corrected chi connectivity index (χ1v) is 7.28. The summed E-state index contributed by atoms with van der Waals surface area (Å²) in [7, 11) is 0. The molecule has 20 heavy (non-hydrogen) atoms. The number of hydrogen-bond acceptors (Lipinski definition) is 2. The van der Waals surface area contributed by atoms with E-state index in [1.54, 1.807) is 0 Å². The fourth-order valence-electron chi connectivity index (χ4n) is 1.97. The van der Waals surface area contributed by atoms with Crippen LogP contribution in [0.15, 0.2) is 42.5 Å². The van der Waals surface area contributed by atoms with Crippen molar-refractivity contribution in [1.82, 2.24) is 0 Å². The fraction of sp³-hybridized carbons (Fsp3) is 0.294. The van der Waals surface area contributed by atoms with Crippen LogP contribution in [0.3, 0.4) is 0 Å². The number of halogens is 1. The van der Waals surface area contributed by atoms with Crippen molar-refractivity contribution in [2.45, 2.75) is 26.8 Å². The Bertz CT molecular complexity index is 569. The molecule has 0 radical (unpaired) electrons. The summed E-state index contributed by atoms with van der Waals surface area (Å²) in [6.45, 7) is 5.70. The van der Waals surface area contributed by atoms with Crippen LogP contribution in [-0.4, -0.2) is 6.61 Å². The van der Waals surface area contributed by atoms with Gasteiger partial charge in [0.1, 0.15) is 5.75 Å². The van der Waals surface area contributed by atoms with Crippen LogP contribution in [0.25, 0.3) is 0 Å². The van der Waals surface area contributed by atoms with Crippen LogP contribution in [0.2, 0.25) is 5.02 Å². The first-order chi connectivity index (χ1) is 9.69. The van der Waals surface area contributed by atoms with Gasteiger partial charge in [-0.15, -0.1) is 0 Å². The third kappa shape index (κ3) is 4.17. The molecule has 0 unspecified atom stereocenters. The van der Waals surface area contributed by atoms with Gasteiger partial charge in [-0.3, -0.25) is 0 Å². The first-order valence-electron chi connectivity index (χ1n) is 6.91. The van der Waals surface area contributed by atoms with Gasteiger partial charge in [0.2, 0.25) is 0 Å². The molecule has 0 aliphatic heterocycles. The van der Waals surface area contributed by atoms with E-state index in [9.17, 15) is 0 Å². The number of ether oxygens (including phenoxy) is 1. The van der Waals surface area contributed by atoms with Crippen LogP contribution >= 0.6 is 11.6 Å². The second kappa shape index (κ2) is 7.20. The summed E-state index contributed by atoms with van der Waals surface area (Å²) in [4.78, 5) is 0. The summed E-state index contributed by atoms with van der Waals surface area (Å²) in [5.74, 6) is 0.907. The normalized spacial score (nSPS) is 10.3. The van der Waals surface area contributed by atoms with Crippen molar-refractivity contribution in [3.8, 4) is 5.75 Å². The minimum absolute atomic E-state index is 0.750. The summed E-state index contributed by atoms with van der Waals surface area (Å²) in [6.07, 6.45) is 1.02. The Morgan fingerprint density at radius 2 is 2.00 bits per heavy atom. The Kier molecular flexibility index (Phi) is 5.31. The third-order valence-electron chi connectivity index (χ3n) is 3.09. The zero-order valence-electron chi connectivity index (χ0n) is 11.9. The molecule has 0 spiro atoms. The largest absolute Gasteiger partial charge is 0.494 e. The maximum atomic E-state index is 5.97. The number of hydrogen-bond donors (Lipinski definition) is 1. The van der Waals surface area contributed by atoms with Crippen molar-refractivity contribution in [3.63, 3.8) is 0 Å². The van der Waals surface area contributed by atoms with Gasteiger partial charge in [0.15, 0.2) is 0 Å². The first kappa shape index (κ1) is 14.7. The predicted molar refractivity (Wildman–Crippen MR) is 85.7 cm³/mol. The van der Waals surface area contributed by atoms with E-state index >= 15 is 0 Å². The number of benzene rings is 2. The van der Waals surface area contributed by atoms with Gasteiger partial charge in [-0.1, -0.05) is 30.7 Å². The molecule has 0 aliphatic rings. The van der Waals surface area contributed by atoms with E-state index in [0.717, 1.165) is 36.0 Å². The molecule has 0 saturated carbocycles. The lowest BCUT2D eigenvalue weighted by molar-refractivity contribution is 0.317. The minimum Gasteiger partial charge on any atom is -0.494 e. The van der Waals surface area contributed by atoms with Crippen molar-refractivity contribution >= 4 is 17.3 Å². The third-order valence-corrected chi connectivity index (χ3v) is 3.33. The molecule has 2 nitrogen and oxygen atoms in total. The van der Waals surface area contributed by atoms with Gasteiger partial charge in [-0.2, -0.15) is 0 Å². The van der Waals surface area contributed by atoms with Crippen molar-refractivity contribution in [2.75, 3.05) is 11.9 Å². The summed E-state index contributed by atoms with van der Waals surface area (Å²) in [5, 5.41) is 4.19. The molecule has 0 saturated heterocycles. The molecular formula is C17H20ClNO. The molecule has 0 fully saturated rings. The van der Waals surface area contributed by atoms with Crippen LogP contribution in [0.4, 0.5) is 5.69 Å². The van der Waals surface area contributed by atoms with Crippen LogP contribution in [-0.2, 0) is 6.54 Å². The topological polar surface area (TPSA) is 21.3 Å². The highest BCUT2D eigenvalue weighted by molar-refractivity contribution is 6.30. The van der Waals surface area contributed by atoms with Gasteiger partial charge < -0.3 is 10.1 Å². The molecule has 0 amide bonds. The van der Waals surface area contributed by atoms with E-state index in [4.69, 9.17) is 16.3 Å². The molecule has 0 bridgehead atoms. The van der Waals surface area contributed by atoms with Crippen molar-refractivity contribution < 1.29 is 4.74 Å². The van der Waals surface area contributed by atoms with Gasteiger partial charge in [0, 0.05) is 23.3 Å². The molecule has 2 rings (SSSR count). The van der Waals surface area contributed by atoms with Crippen LogP contribution in [0.5, 0.6) is 5.75 Å². The zero-order chi connectivity index (χ0) is 14.4. The molecule has 2 aromatic rings. The Morgan fingerprint density at radius 1 is 1.15 bits per heavy atom. The number of aryl methyl sites for hydroxylation is 1. The Morgan fingerprint density at radius 3 is 2.75 bits per heavy atom. The lowest BCUT2D eigenvalue weighted by atomic mass is 10.1. The second-order valence-electron chi connectivity index (χ2n) is 4.80. The average molecular weight is 290 g/mol. The molecule has 0 aromatic heterocycles. The Hall–Kier alpha value is -1.67. The average Bonchev–Trinajstić information content (AvgIpc) is 2.45. The molecule has 0 aliphatic carbocycles. The van der Waals surface area contributed by atoms with Gasteiger partial charge >= 0.3 is 0 Å². The summed E-state index contributed by atoms with van der Waals surface area (Å²) in [6, 6.07) is 14.0. The second-order valence-corrected chi connectivity index (χ2v) is 5.24. The molecular weight excluding hydrogens is 270 g/mol. The molecule has 3 heteroatoms. The van der Waals surface area contributed by atoms with Gasteiger partial charge in [-0.05, 0) is 48.7 Å². The number of anilines is 1. The van der Waals surface area contributed by atoms with Crippen molar-refractivity contribution in [3.05, 3.63) is 58.6 Å². The highest BCUT2D eigenvalue weighted by Gasteiger charge is 2.01. The maximum Gasteiger partial charge on any atom is 0.121 e. The maximum absolute atomic E-state index is 5.97. The summed E-state index contributed by atoms with van der Waals surface area (Å²) in [5.41, 5.74) is 3.51. The van der Waals surface area contributed by atoms with Crippen LogP contribution in [0, 0.1) is 6.92 Å². The van der Waals surface area contributed by atoms with E-state index < -0.39 is 0 Å². The minimum atomic E-state index is 0.750. The molecule has 106 valence electrons. The quantitative estimate of drug-likeness (QED) is 0.803. The predicted octanol–water partition coefficient (Wildman–Crippen LogP) is 5.05. The zero-order valence-corrected chi connectivity index (χ0v) is 12.7. The highest BCUT2D eigenvalue weighted by atomic mass is 35.5. The van der Waals surface area contributed by atoms with E-state index in [-0.39, 0.29) is 0 Å². The summed E-state index contributed by atoms with van der Waals surface area (Å²) >= 11 is 5.97. The standard InChI is InChI=1S/C17H20ClNO/c1-3-9-20-17-6-4-5-16(11-17)19-12-14-7-8-15(18)10-13(14)2/h4-8,10-11,19H,3,9,12H2,1-2H3. The fourth-order valence-corrected chi connectivity index (χ4v) is 2.20. The van der Waals surface area contributed by atoms with Crippen molar-refractivity contribution in [1.29, 1.82) is 0 Å². The van der Waals surface area contributed by atoms with E-state index in [1.807, 2.05) is 36.4 Å². The monoisotopic (exact) mass is 289 g/mol. The Balaban J connectivity index is 1.99. The van der Waals surface area contributed by atoms with E-state index in [0.29, 0.717) is 0 Å². The van der Waals surface area contributed by atoms with Gasteiger partial charge in [-0.25, -0.2) is 0 Å². The lowest BCUT2D eigenvalue weighted by Gasteiger charge is -2.11. The lowest BCUT2D eigenvalue weighted by Crippen LogP contribution is -2.02. The number of nitrogens with one attached hydrogen (secondary N) is 1. The van der Waals surface area contributed by atoms with Crippen LogP contribution < -0.4 is 10.1 Å². The van der Waals surface area contributed by atoms with Gasteiger partial charge in [0.05, 0.1) is 6.61 Å². The molecule has 0 atom stereocenters. The van der Waals surface area contributed by atoms with Gasteiger partial charge in [0.25, 0.3) is 0 Å². The molecule has 2 aromatic carbocycles. The van der Waals surface area contributed by atoms with Crippen molar-refractivity contribution in [2.24, 2.45) is 0 Å². The molecule has 0 heterocycles. The Labute approximate surface area is 125 Å². The highest BCUT2D eigenvalue weighted by Crippen LogP contribution is 2.20. The molecule has 1 N–H and O–H groups in total. The van der Waals surface area contributed by atoms with E-state index in [1.165, 1.54) is 11.1 Å². The number of rotatable bonds is 6. The van der Waals surface area contributed by atoms with Crippen LogP contribution in [0.1, 0.15) is 24.5 Å².